The minimum atomic E-state index is 0.0997. The number of fused-ring (bicyclic) bond motifs is 1. The molecule has 2 heteroatoms. The van der Waals surface area contributed by atoms with Crippen molar-refractivity contribution in [1.29, 1.82) is 0 Å². The van der Waals surface area contributed by atoms with Crippen LogP contribution in [0.2, 0.25) is 0 Å². The molecule has 2 nitrogen and oxygen atoms in total. The monoisotopic (exact) mass is 188 g/mol. The van der Waals surface area contributed by atoms with E-state index in [1.807, 2.05) is 6.33 Å². The lowest BCUT2D eigenvalue weighted by atomic mass is 10.1. The third-order valence-corrected chi connectivity index (χ3v) is 2.43. The fourth-order valence-electron chi connectivity index (χ4n) is 1.65. The molecule has 0 aliphatic rings. The molecule has 74 valence electrons. The SMILES string of the molecule is Cc1ccc2ncn(C(C)(C)C)c2c1. The lowest BCUT2D eigenvalue weighted by Gasteiger charge is -2.21. The molecule has 0 fully saturated rings. The molecule has 0 saturated carbocycles. The summed E-state index contributed by atoms with van der Waals surface area (Å²) in [6.45, 7) is 8.68. The Kier molecular flexibility index (Phi) is 1.88. The summed E-state index contributed by atoms with van der Waals surface area (Å²) >= 11 is 0. The van der Waals surface area contributed by atoms with Crippen LogP contribution in [0.3, 0.4) is 0 Å². The summed E-state index contributed by atoms with van der Waals surface area (Å²) in [5.74, 6) is 0. The van der Waals surface area contributed by atoms with E-state index in [9.17, 15) is 0 Å². The van der Waals surface area contributed by atoms with Crippen LogP contribution in [-0.4, -0.2) is 9.55 Å². The van der Waals surface area contributed by atoms with E-state index in [1.54, 1.807) is 0 Å². The third kappa shape index (κ3) is 1.41. The van der Waals surface area contributed by atoms with Gasteiger partial charge in [0.25, 0.3) is 0 Å². The molecule has 1 aromatic carbocycles. The number of aromatic nitrogens is 2. The average molecular weight is 188 g/mol. The van der Waals surface area contributed by atoms with Gasteiger partial charge in [0.2, 0.25) is 0 Å². The van der Waals surface area contributed by atoms with Crippen molar-refractivity contribution < 1.29 is 0 Å². The first-order chi connectivity index (χ1) is 6.48. The van der Waals surface area contributed by atoms with Gasteiger partial charge in [0.05, 0.1) is 17.4 Å². The molecule has 1 heterocycles. The fourth-order valence-corrected chi connectivity index (χ4v) is 1.65. The van der Waals surface area contributed by atoms with Crippen molar-refractivity contribution in [1.82, 2.24) is 9.55 Å². The first kappa shape index (κ1) is 9.25. The predicted molar refractivity (Wildman–Crippen MR) is 59.5 cm³/mol. The molecule has 2 aromatic rings. The van der Waals surface area contributed by atoms with Crippen molar-refractivity contribution in [3.05, 3.63) is 30.1 Å². The van der Waals surface area contributed by atoms with Crippen molar-refractivity contribution >= 4 is 11.0 Å². The van der Waals surface area contributed by atoms with Crippen LogP contribution in [0.1, 0.15) is 26.3 Å². The highest BCUT2D eigenvalue weighted by atomic mass is 15.1. The van der Waals surface area contributed by atoms with E-state index in [-0.39, 0.29) is 5.54 Å². The number of nitrogens with zero attached hydrogens (tertiary/aromatic N) is 2. The molecule has 0 spiro atoms. The van der Waals surface area contributed by atoms with Crippen LogP contribution in [0.15, 0.2) is 24.5 Å². The highest BCUT2D eigenvalue weighted by Crippen LogP contribution is 2.22. The topological polar surface area (TPSA) is 17.8 Å². The molecule has 14 heavy (non-hydrogen) atoms. The third-order valence-electron chi connectivity index (χ3n) is 2.43. The van der Waals surface area contributed by atoms with E-state index in [0.29, 0.717) is 0 Å². The van der Waals surface area contributed by atoms with Gasteiger partial charge in [-0.2, -0.15) is 0 Å². The Bertz CT molecular complexity index is 461. The van der Waals surface area contributed by atoms with Crippen molar-refractivity contribution in [3.63, 3.8) is 0 Å². The smallest absolute Gasteiger partial charge is 0.0963 e. The van der Waals surface area contributed by atoms with E-state index in [2.05, 4.69) is 55.4 Å². The molecule has 0 N–H and O–H groups in total. The normalized spacial score (nSPS) is 12.3. The Morgan fingerprint density at radius 3 is 2.57 bits per heavy atom. The Morgan fingerprint density at radius 1 is 1.21 bits per heavy atom. The van der Waals surface area contributed by atoms with Gasteiger partial charge in [-0.05, 0) is 45.4 Å². The minimum absolute atomic E-state index is 0.0997. The van der Waals surface area contributed by atoms with E-state index in [4.69, 9.17) is 0 Å². The zero-order valence-electron chi connectivity index (χ0n) is 9.20. The summed E-state index contributed by atoms with van der Waals surface area (Å²) in [5, 5.41) is 0. The molecule has 1 aromatic heterocycles. The molecular formula is C12H16N2. The Labute approximate surface area is 84.6 Å². The number of aryl methyl sites for hydroxylation is 1. The van der Waals surface area contributed by atoms with Crippen LogP contribution >= 0.6 is 0 Å². The molecular weight excluding hydrogens is 172 g/mol. The van der Waals surface area contributed by atoms with Crippen LogP contribution in [-0.2, 0) is 5.54 Å². The van der Waals surface area contributed by atoms with Crippen LogP contribution in [0.5, 0.6) is 0 Å². The lowest BCUT2D eigenvalue weighted by molar-refractivity contribution is 0.408. The van der Waals surface area contributed by atoms with Gasteiger partial charge < -0.3 is 4.57 Å². The highest BCUT2D eigenvalue weighted by Gasteiger charge is 2.15. The van der Waals surface area contributed by atoms with Crippen LogP contribution < -0.4 is 0 Å². The molecule has 0 unspecified atom stereocenters. The minimum Gasteiger partial charge on any atom is -0.325 e. The van der Waals surface area contributed by atoms with E-state index in [1.165, 1.54) is 11.1 Å². The summed E-state index contributed by atoms with van der Waals surface area (Å²) in [7, 11) is 0. The molecule has 0 bridgehead atoms. The lowest BCUT2D eigenvalue weighted by Crippen LogP contribution is -2.20. The molecule has 0 saturated heterocycles. The largest absolute Gasteiger partial charge is 0.325 e. The van der Waals surface area contributed by atoms with Crippen LogP contribution in [0, 0.1) is 6.92 Å². The van der Waals surface area contributed by atoms with Crippen molar-refractivity contribution in [3.8, 4) is 0 Å². The molecule has 0 aliphatic carbocycles. The number of rotatable bonds is 0. The van der Waals surface area contributed by atoms with Crippen molar-refractivity contribution in [2.24, 2.45) is 0 Å². The second-order valence-corrected chi connectivity index (χ2v) is 4.78. The van der Waals surface area contributed by atoms with E-state index >= 15 is 0 Å². The van der Waals surface area contributed by atoms with Gasteiger partial charge in [0.15, 0.2) is 0 Å². The Balaban J connectivity index is 2.73. The van der Waals surface area contributed by atoms with Gasteiger partial charge in [-0.1, -0.05) is 6.07 Å². The Hall–Kier alpha value is -1.31. The molecule has 0 aliphatic heterocycles. The van der Waals surface area contributed by atoms with Gasteiger partial charge in [-0.25, -0.2) is 4.98 Å². The summed E-state index contributed by atoms with van der Waals surface area (Å²) in [4.78, 5) is 4.39. The first-order valence-corrected chi connectivity index (χ1v) is 4.93. The maximum Gasteiger partial charge on any atom is 0.0963 e. The van der Waals surface area contributed by atoms with Crippen LogP contribution in [0.25, 0.3) is 11.0 Å². The van der Waals surface area contributed by atoms with Gasteiger partial charge in [0.1, 0.15) is 0 Å². The van der Waals surface area contributed by atoms with E-state index in [0.717, 1.165) is 5.52 Å². The summed E-state index contributed by atoms with van der Waals surface area (Å²) in [5.41, 5.74) is 3.68. The Morgan fingerprint density at radius 2 is 1.93 bits per heavy atom. The first-order valence-electron chi connectivity index (χ1n) is 4.93. The molecule has 0 radical (unpaired) electrons. The summed E-state index contributed by atoms with van der Waals surface area (Å²) < 4.78 is 2.22. The van der Waals surface area contributed by atoms with Crippen LogP contribution in [0.4, 0.5) is 0 Å². The van der Waals surface area contributed by atoms with Crippen molar-refractivity contribution in [2.75, 3.05) is 0 Å². The fraction of sp³-hybridized carbons (Fsp3) is 0.417. The zero-order chi connectivity index (χ0) is 10.3. The number of benzene rings is 1. The van der Waals surface area contributed by atoms with Crippen molar-refractivity contribution in [2.45, 2.75) is 33.2 Å². The van der Waals surface area contributed by atoms with Gasteiger partial charge in [-0.3, -0.25) is 0 Å². The average Bonchev–Trinajstić information content (AvgIpc) is 2.45. The molecule has 0 amide bonds. The number of hydrogen-bond acceptors (Lipinski definition) is 1. The number of hydrogen-bond donors (Lipinski definition) is 0. The van der Waals surface area contributed by atoms with Gasteiger partial charge in [-0.15, -0.1) is 0 Å². The highest BCUT2D eigenvalue weighted by molar-refractivity contribution is 5.76. The zero-order valence-corrected chi connectivity index (χ0v) is 9.20. The maximum absolute atomic E-state index is 4.39. The summed E-state index contributed by atoms with van der Waals surface area (Å²) in [6, 6.07) is 6.36. The molecule has 2 rings (SSSR count). The second kappa shape index (κ2) is 2.84. The van der Waals surface area contributed by atoms with E-state index < -0.39 is 0 Å². The quantitative estimate of drug-likeness (QED) is 0.621. The second-order valence-electron chi connectivity index (χ2n) is 4.78. The number of imidazole rings is 1. The van der Waals surface area contributed by atoms with Gasteiger partial charge in [0, 0.05) is 5.54 Å². The maximum atomic E-state index is 4.39. The predicted octanol–water partition coefficient (Wildman–Crippen LogP) is 3.10. The summed E-state index contributed by atoms with van der Waals surface area (Å²) in [6.07, 6.45) is 1.92. The van der Waals surface area contributed by atoms with Gasteiger partial charge >= 0.3 is 0 Å². The molecule has 0 atom stereocenters. The standard InChI is InChI=1S/C12H16N2/c1-9-5-6-10-11(7-9)14(8-13-10)12(2,3)4/h5-8H,1-4H3.